The number of guanidine groups is 1. The highest BCUT2D eigenvalue weighted by atomic mass is 32.1. The summed E-state index contributed by atoms with van der Waals surface area (Å²) in [5.41, 5.74) is 13.5. The van der Waals surface area contributed by atoms with Gasteiger partial charge in [-0.1, -0.05) is 24.3 Å². The van der Waals surface area contributed by atoms with E-state index in [2.05, 4.69) is 14.6 Å². The van der Waals surface area contributed by atoms with Crippen molar-refractivity contribution in [2.75, 3.05) is 0 Å². The standard InChI is InChI=1S/C12H13N5S/c1-8-6-11(18-17-8)10-5-3-2-4-9(10)7-15-16-12(13)14/h2-7H,1H3,(H4,13,14,16). The van der Waals surface area contributed by atoms with Crippen LogP contribution >= 0.6 is 11.5 Å². The van der Waals surface area contributed by atoms with Crippen LogP contribution in [0.2, 0.25) is 0 Å². The third-order valence-corrected chi connectivity index (χ3v) is 3.14. The summed E-state index contributed by atoms with van der Waals surface area (Å²) in [4.78, 5) is 1.10. The third kappa shape index (κ3) is 2.92. The molecule has 0 saturated carbocycles. The lowest BCUT2D eigenvalue weighted by Crippen LogP contribution is -2.21. The largest absolute Gasteiger partial charge is 0.369 e. The van der Waals surface area contributed by atoms with E-state index in [0.29, 0.717) is 0 Å². The maximum Gasteiger partial charge on any atom is 0.211 e. The van der Waals surface area contributed by atoms with Crippen molar-refractivity contribution in [2.45, 2.75) is 6.92 Å². The molecule has 6 heteroatoms. The predicted molar refractivity (Wildman–Crippen MR) is 75.7 cm³/mol. The molecule has 0 unspecified atom stereocenters. The fourth-order valence-electron chi connectivity index (χ4n) is 1.48. The summed E-state index contributed by atoms with van der Waals surface area (Å²) in [5, 5.41) is 7.42. The molecule has 2 aromatic rings. The summed E-state index contributed by atoms with van der Waals surface area (Å²) in [6.07, 6.45) is 1.63. The van der Waals surface area contributed by atoms with Gasteiger partial charge in [0.05, 0.1) is 16.8 Å². The SMILES string of the molecule is Cc1cc(-c2ccccc2C=NN=C(N)N)sn1. The fourth-order valence-corrected chi connectivity index (χ4v) is 2.28. The van der Waals surface area contributed by atoms with E-state index in [0.717, 1.165) is 21.7 Å². The Morgan fingerprint density at radius 1 is 1.33 bits per heavy atom. The molecule has 0 radical (unpaired) electrons. The second-order valence-electron chi connectivity index (χ2n) is 3.69. The molecule has 0 aliphatic carbocycles. The maximum atomic E-state index is 5.22. The lowest BCUT2D eigenvalue weighted by molar-refractivity contribution is 1.21. The molecular weight excluding hydrogens is 246 g/mol. The zero-order chi connectivity index (χ0) is 13.0. The molecule has 5 nitrogen and oxygen atoms in total. The van der Waals surface area contributed by atoms with E-state index in [1.165, 1.54) is 11.5 Å². The molecule has 1 aromatic heterocycles. The van der Waals surface area contributed by atoms with Crippen LogP contribution in [0.1, 0.15) is 11.3 Å². The van der Waals surface area contributed by atoms with Crippen LogP contribution in [0.5, 0.6) is 0 Å². The van der Waals surface area contributed by atoms with E-state index in [1.807, 2.05) is 37.3 Å². The van der Waals surface area contributed by atoms with Crippen molar-refractivity contribution in [3.8, 4) is 10.4 Å². The number of rotatable bonds is 3. The van der Waals surface area contributed by atoms with Gasteiger partial charge in [-0.05, 0) is 24.5 Å². The number of hydrogen-bond donors (Lipinski definition) is 2. The number of aromatic nitrogens is 1. The second-order valence-corrected chi connectivity index (χ2v) is 4.49. The van der Waals surface area contributed by atoms with Gasteiger partial charge >= 0.3 is 0 Å². The molecule has 2 rings (SSSR count). The molecule has 0 aliphatic heterocycles. The summed E-state index contributed by atoms with van der Waals surface area (Å²) in [7, 11) is 0. The quantitative estimate of drug-likeness (QED) is 0.499. The van der Waals surface area contributed by atoms with Gasteiger partial charge in [0.2, 0.25) is 5.96 Å². The minimum Gasteiger partial charge on any atom is -0.369 e. The Morgan fingerprint density at radius 3 is 2.78 bits per heavy atom. The summed E-state index contributed by atoms with van der Waals surface area (Å²) in [5.74, 6) is -0.0580. The first-order valence-electron chi connectivity index (χ1n) is 5.31. The minimum absolute atomic E-state index is 0.0580. The van der Waals surface area contributed by atoms with E-state index < -0.39 is 0 Å². The molecule has 92 valence electrons. The zero-order valence-corrected chi connectivity index (χ0v) is 10.7. The summed E-state index contributed by atoms with van der Waals surface area (Å²) in [6, 6.07) is 9.92. The molecule has 1 heterocycles. The summed E-state index contributed by atoms with van der Waals surface area (Å²) >= 11 is 1.46. The van der Waals surface area contributed by atoms with Gasteiger partial charge in [-0.25, -0.2) is 0 Å². The van der Waals surface area contributed by atoms with Crippen molar-refractivity contribution < 1.29 is 0 Å². The zero-order valence-electron chi connectivity index (χ0n) is 9.87. The van der Waals surface area contributed by atoms with E-state index in [9.17, 15) is 0 Å². The van der Waals surface area contributed by atoms with E-state index >= 15 is 0 Å². The highest BCUT2D eigenvalue weighted by Crippen LogP contribution is 2.26. The lowest BCUT2D eigenvalue weighted by Gasteiger charge is -2.00. The van der Waals surface area contributed by atoms with Crippen LogP contribution in [0.4, 0.5) is 0 Å². The molecule has 1 aromatic carbocycles. The number of nitrogens with zero attached hydrogens (tertiary/aromatic N) is 3. The lowest BCUT2D eigenvalue weighted by atomic mass is 10.1. The average Bonchev–Trinajstić information content (AvgIpc) is 2.76. The first-order chi connectivity index (χ1) is 8.66. The van der Waals surface area contributed by atoms with Gasteiger partial charge in [0.15, 0.2) is 0 Å². The van der Waals surface area contributed by atoms with Gasteiger partial charge in [-0.2, -0.15) is 9.47 Å². The van der Waals surface area contributed by atoms with Crippen molar-refractivity contribution in [3.05, 3.63) is 41.6 Å². The topological polar surface area (TPSA) is 89.6 Å². The van der Waals surface area contributed by atoms with Crippen molar-refractivity contribution in [3.63, 3.8) is 0 Å². The van der Waals surface area contributed by atoms with Crippen LogP contribution in [0.25, 0.3) is 10.4 Å². The third-order valence-electron chi connectivity index (χ3n) is 2.22. The number of benzene rings is 1. The molecule has 0 spiro atoms. The number of nitrogens with two attached hydrogens (primary N) is 2. The Labute approximate surface area is 109 Å². The Hall–Kier alpha value is -2.21. The van der Waals surface area contributed by atoms with Crippen LogP contribution in [0, 0.1) is 6.92 Å². The van der Waals surface area contributed by atoms with Gasteiger partial charge in [-0.3, -0.25) is 0 Å². The highest BCUT2D eigenvalue weighted by Gasteiger charge is 2.05. The van der Waals surface area contributed by atoms with Crippen molar-refractivity contribution in [1.82, 2.24) is 4.37 Å². The van der Waals surface area contributed by atoms with Crippen LogP contribution in [0.15, 0.2) is 40.5 Å². The average molecular weight is 259 g/mol. The summed E-state index contributed by atoms with van der Waals surface area (Å²) in [6.45, 7) is 1.97. The van der Waals surface area contributed by atoms with Crippen molar-refractivity contribution in [1.29, 1.82) is 0 Å². The van der Waals surface area contributed by atoms with Gasteiger partial charge < -0.3 is 11.5 Å². The highest BCUT2D eigenvalue weighted by molar-refractivity contribution is 7.09. The molecule has 4 N–H and O–H groups in total. The molecule has 18 heavy (non-hydrogen) atoms. The molecule has 0 saturated heterocycles. The van der Waals surface area contributed by atoms with Crippen LogP contribution < -0.4 is 11.5 Å². The van der Waals surface area contributed by atoms with E-state index in [1.54, 1.807) is 6.21 Å². The molecule has 0 amide bonds. The van der Waals surface area contributed by atoms with Crippen molar-refractivity contribution in [2.24, 2.45) is 21.7 Å². The Kier molecular flexibility index (Phi) is 3.69. The molecule has 0 fully saturated rings. The molecule has 0 bridgehead atoms. The second kappa shape index (κ2) is 5.42. The fraction of sp³-hybridized carbons (Fsp3) is 0.0833. The van der Waals surface area contributed by atoms with Crippen molar-refractivity contribution >= 4 is 23.7 Å². The summed E-state index contributed by atoms with van der Waals surface area (Å²) < 4.78 is 4.27. The maximum absolute atomic E-state index is 5.22. The monoisotopic (exact) mass is 259 g/mol. The van der Waals surface area contributed by atoms with E-state index in [-0.39, 0.29) is 5.96 Å². The van der Waals surface area contributed by atoms with Crippen LogP contribution in [-0.2, 0) is 0 Å². The first-order valence-corrected chi connectivity index (χ1v) is 6.09. The van der Waals surface area contributed by atoms with Gasteiger partial charge in [0.1, 0.15) is 0 Å². The molecule has 0 aliphatic rings. The van der Waals surface area contributed by atoms with Crippen LogP contribution in [0.3, 0.4) is 0 Å². The van der Waals surface area contributed by atoms with Gasteiger partial charge in [0, 0.05) is 11.1 Å². The van der Waals surface area contributed by atoms with Crippen LogP contribution in [-0.4, -0.2) is 16.5 Å². The number of hydrogen-bond acceptors (Lipinski definition) is 4. The Balaban J connectivity index is 2.37. The normalized spacial score (nSPS) is 10.7. The first kappa shape index (κ1) is 12.3. The minimum atomic E-state index is -0.0580. The smallest absolute Gasteiger partial charge is 0.211 e. The Morgan fingerprint density at radius 2 is 2.11 bits per heavy atom. The van der Waals surface area contributed by atoms with Gasteiger partial charge in [0.25, 0.3) is 0 Å². The van der Waals surface area contributed by atoms with E-state index in [4.69, 9.17) is 11.5 Å². The van der Waals surface area contributed by atoms with Gasteiger partial charge in [-0.15, -0.1) is 5.10 Å². The number of aryl methyl sites for hydroxylation is 1. The predicted octanol–water partition coefficient (Wildman–Crippen LogP) is 1.73. The molecular formula is C12H13N5S. The Bertz CT molecular complexity index is 596. The molecule has 0 atom stereocenters.